The predicted molar refractivity (Wildman–Crippen MR) is 87.8 cm³/mol. The van der Waals surface area contributed by atoms with Crippen LogP contribution in [0.5, 0.6) is 0 Å². The van der Waals surface area contributed by atoms with E-state index in [-0.39, 0.29) is 12.8 Å². The summed E-state index contributed by atoms with van der Waals surface area (Å²) in [6.07, 6.45) is 0. The zero-order chi connectivity index (χ0) is 14.2. The molecule has 0 amide bonds. The second-order valence-electron chi connectivity index (χ2n) is 6.61. The summed E-state index contributed by atoms with van der Waals surface area (Å²) < 4.78 is 2.09. The van der Waals surface area contributed by atoms with Gasteiger partial charge in [-0.2, -0.15) is 5.10 Å². The molecule has 20 heavy (non-hydrogen) atoms. The molecule has 110 valence electrons. The molecule has 2 aromatic rings. The first kappa shape index (κ1) is 16.5. The highest BCUT2D eigenvalue weighted by Gasteiger charge is 2.21. The Morgan fingerprint density at radius 3 is 2.05 bits per heavy atom. The third kappa shape index (κ3) is 3.30. The van der Waals surface area contributed by atoms with Gasteiger partial charge in [-0.25, -0.2) is 4.68 Å². The average Bonchev–Trinajstić information content (AvgIpc) is 2.74. The Morgan fingerprint density at radius 1 is 1.05 bits per heavy atom. The zero-order valence-electron chi connectivity index (χ0n) is 12.9. The van der Waals surface area contributed by atoms with Crippen molar-refractivity contribution in [3.05, 3.63) is 47.3 Å². The van der Waals surface area contributed by atoms with Crippen LogP contribution in [0, 0.1) is 6.92 Å². The van der Waals surface area contributed by atoms with Gasteiger partial charge in [0, 0.05) is 11.1 Å². The maximum atomic E-state index is 4.82. The molecular weight excluding hydrogens is 244 g/mol. The molecular formula is C18H28N2. The second kappa shape index (κ2) is 5.82. The Labute approximate surface area is 123 Å². The summed E-state index contributed by atoms with van der Waals surface area (Å²) in [5.41, 5.74) is 4.92. The van der Waals surface area contributed by atoms with Crippen molar-refractivity contribution >= 4 is 0 Å². The number of nitrogens with zero attached hydrogens (tertiary/aromatic N) is 2. The molecule has 1 aromatic carbocycles. The molecule has 0 spiro atoms. The van der Waals surface area contributed by atoms with Crippen LogP contribution in [0.15, 0.2) is 30.3 Å². The topological polar surface area (TPSA) is 17.8 Å². The van der Waals surface area contributed by atoms with Gasteiger partial charge in [0.05, 0.1) is 11.4 Å². The van der Waals surface area contributed by atoms with Crippen LogP contribution >= 0.6 is 0 Å². The molecule has 0 unspecified atom stereocenters. The molecule has 0 fully saturated rings. The van der Waals surface area contributed by atoms with E-state index in [4.69, 9.17) is 5.10 Å². The third-order valence-corrected chi connectivity index (χ3v) is 3.38. The maximum absolute atomic E-state index is 4.82. The molecule has 0 atom stereocenters. The van der Waals surface area contributed by atoms with Gasteiger partial charge in [0.2, 0.25) is 0 Å². The van der Waals surface area contributed by atoms with E-state index in [0.717, 1.165) is 11.4 Å². The van der Waals surface area contributed by atoms with E-state index in [1.807, 2.05) is 0 Å². The summed E-state index contributed by atoms with van der Waals surface area (Å²) in [5.74, 6) is 0.463. The molecule has 0 N–H and O–H groups in total. The lowest BCUT2D eigenvalue weighted by Gasteiger charge is -2.14. The van der Waals surface area contributed by atoms with Gasteiger partial charge in [0.15, 0.2) is 0 Å². The van der Waals surface area contributed by atoms with Crippen molar-refractivity contribution < 1.29 is 0 Å². The van der Waals surface area contributed by atoms with E-state index in [9.17, 15) is 0 Å². The first-order chi connectivity index (χ1) is 8.79. The summed E-state index contributed by atoms with van der Waals surface area (Å²) in [4.78, 5) is 0. The first-order valence-corrected chi connectivity index (χ1v) is 6.96. The highest BCUT2D eigenvalue weighted by atomic mass is 15.3. The van der Waals surface area contributed by atoms with Gasteiger partial charge < -0.3 is 0 Å². The third-order valence-electron chi connectivity index (χ3n) is 3.38. The van der Waals surface area contributed by atoms with Crippen LogP contribution in [-0.4, -0.2) is 9.78 Å². The van der Waals surface area contributed by atoms with E-state index in [1.54, 1.807) is 0 Å². The fourth-order valence-electron chi connectivity index (χ4n) is 2.07. The van der Waals surface area contributed by atoms with Crippen molar-refractivity contribution in [2.75, 3.05) is 0 Å². The average molecular weight is 272 g/mol. The molecule has 0 aliphatic rings. The minimum absolute atomic E-state index is 0. The Morgan fingerprint density at radius 2 is 1.60 bits per heavy atom. The smallest absolute Gasteiger partial charge is 0.0685 e. The largest absolute Gasteiger partial charge is 0.237 e. The number of hydrogen-bond acceptors (Lipinski definition) is 1. The lowest BCUT2D eigenvalue weighted by molar-refractivity contribution is 0.559. The van der Waals surface area contributed by atoms with Gasteiger partial charge in [-0.1, -0.05) is 59.7 Å². The van der Waals surface area contributed by atoms with Crippen LogP contribution in [0.25, 0.3) is 5.69 Å². The number of aromatic nitrogens is 2. The van der Waals surface area contributed by atoms with Crippen molar-refractivity contribution in [1.82, 2.24) is 9.78 Å². The van der Waals surface area contributed by atoms with Crippen molar-refractivity contribution in [3.8, 4) is 5.69 Å². The number of aryl methyl sites for hydroxylation is 1. The number of hydrogen-bond donors (Lipinski definition) is 0. The quantitative estimate of drug-likeness (QED) is 0.731. The van der Waals surface area contributed by atoms with E-state index >= 15 is 0 Å². The van der Waals surface area contributed by atoms with Crippen LogP contribution in [0.4, 0.5) is 0 Å². The zero-order valence-corrected chi connectivity index (χ0v) is 12.9. The standard InChI is InChI=1S/C17H24N2.CH4/c1-12(2)15-11-16(17(4,5)6)18-19(15)14-9-7-13(3)8-10-14;/h7-12H,1-6H3;1H4. The predicted octanol–water partition coefficient (Wildman–Crippen LogP) is 5.24. The highest BCUT2D eigenvalue weighted by Crippen LogP contribution is 2.27. The molecule has 0 aliphatic carbocycles. The molecule has 0 saturated carbocycles. The molecule has 0 radical (unpaired) electrons. The molecule has 0 aliphatic heterocycles. The summed E-state index contributed by atoms with van der Waals surface area (Å²) in [7, 11) is 0. The second-order valence-corrected chi connectivity index (χ2v) is 6.61. The lowest BCUT2D eigenvalue weighted by atomic mass is 9.91. The lowest BCUT2D eigenvalue weighted by Crippen LogP contribution is -2.12. The summed E-state index contributed by atoms with van der Waals surface area (Å²) in [6.45, 7) is 13.2. The monoisotopic (exact) mass is 272 g/mol. The molecule has 2 heteroatoms. The fraction of sp³-hybridized carbons (Fsp3) is 0.500. The molecule has 2 nitrogen and oxygen atoms in total. The van der Waals surface area contributed by atoms with E-state index in [1.165, 1.54) is 11.3 Å². The molecule has 1 aromatic heterocycles. The summed E-state index contributed by atoms with van der Waals surface area (Å²) >= 11 is 0. The van der Waals surface area contributed by atoms with Crippen LogP contribution in [0.1, 0.15) is 64.9 Å². The van der Waals surface area contributed by atoms with Crippen molar-refractivity contribution in [1.29, 1.82) is 0 Å². The van der Waals surface area contributed by atoms with Crippen molar-refractivity contribution in [2.45, 2.75) is 60.3 Å². The molecule has 0 saturated heterocycles. The minimum atomic E-state index is 0. The Bertz CT molecular complexity index is 554. The summed E-state index contributed by atoms with van der Waals surface area (Å²) in [5, 5.41) is 4.82. The summed E-state index contributed by atoms with van der Waals surface area (Å²) in [6, 6.07) is 10.8. The highest BCUT2D eigenvalue weighted by molar-refractivity contribution is 5.37. The van der Waals surface area contributed by atoms with E-state index in [2.05, 4.69) is 76.6 Å². The normalized spacial score (nSPS) is 11.6. The maximum Gasteiger partial charge on any atom is 0.0685 e. The first-order valence-electron chi connectivity index (χ1n) is 6.96. The van der Waals surface area contributed by atoms with Gasteiger partial charge in [-0.05, 0) is 31.0 Å². The SMILES string of the molecule is C.Cc1ccc(-n2nc(C(C)(C)C)cc2C(C)C)cc1. The van der Waals surface area contributed by atoms with Gasteiger partial charge in [-0.3, -0.25) is 0 Å². The molecule has 1 heterocycles. The van der Waals surface area contributed by atoms with Crippen molar-refractivity contribution in [2.24, 2.45) is 0 Å². The van der Waals surface area contributed by atoms with Gasteiger partial charge in [-0.15, -0.1) is 0 Å². The van der Waals surface area contributed by atoms with Gasteiger partial charge in [0.1, 0.15) is 0 Å². The molecule has 0 bridgehead atoms. The Kier molecular flexibility index (Phi) is 4.80. The van der Waals surface area contributed by atoms with Crippen LogP contribution in [-0.2, 0) is 5.41 Å². The minimum Gasteiger partial charge on any atom is -0.237 e. The van der Waals surface area contributed by atoms with Crippen molar-refractivity contribution in [3.63, 3.8) is 0 Å². The Balaban J connectivity index is 0.00000200. The number of rotatable bonds is 2. The molecule has 2 rings (SSSR count). The Hall–Kier alpha value is -1.57. The number of benzene rings is 1. The van der Waals surface area contributed by atoms with E-state index in [0.29, 0.717) is 5.92 Å². The van der Waals surface area contributed by atoms with Gasteiger partial charge in [0.25, 0.3) is 0 Å². The van der Waals surface area contributed by atoms with E-state index < -0.39 is 0 Å². The van der Waals surface area contributed by atoms with Crippen LogP contribution < -0.4 is 0 Å². The van der Waals surface area contributed by atoms with Crippen LogP contribution in [0.3, 0.4) is 0 Å². The van der Waals surface area contributed by atoms with Crippen LogP contribution in [0.2, 0.25) is 0 Å². The van der Waals surface area contributed by atoms with Gasteiger partial charge >= 0.3 is 0 Å². The fourth-order valence-corrected chi connectivity index (χ4v) is 2.07.